The third kappa shape index (κ3) is 4.00. The Kier molecular flexibility index (Phi) is 5.47. The van der Waals surface area contributed by atoms with Crippen LogP contribution in [0, 0.1) is 0 Å². The Bertz CT molecular complexity index is 435. The van der Waals surface area contributed by atoms with Gasteiger partial charge < -0.3 is 20.5 Å². The number of hydrogen-bond donors (Lipinski definition) is 2. The van der Waals surface area contributed by atoms with Crippen molar-refractivity contribution in [3.8, 4) is 0 Å². The monoisotopic (exact) mass is 278 g/mol. The van der Waals surface area contributed by atoms with Gasteiger partial charge in [0.2, 0.25) is 0 Å². The van der Waals surface area contributed by atoms with E-state index in [1.54, 1.807) is 6.07 Å². The highest BCUT2D eigenvalue weighted by Crippen LogP contribution is 2.11. The molecule has 0 aromatic carbocycles. The first-order valence-corrected chi connectivity index (χ1v) is 7.67. The lowest BCUT2D eigenvalue weighted by atomic mass is 10.1. The molecule has 0 spiro atoms. The molecule has 0 aliphatic carbocycles. The summed E-state index contributed by atoms with van der Waals surface area (Å²) in [6, 6.07) is 1.76. The molecule has 2 heterocycles. The quantitative estimate of drug-likeness (QED) is 0.832. The summed E-state index contributed by atoms with van der Waals surface area (Å²) in [5.41, 5.74) is 7.11. The molecule has 0 saturated carbocycles. The Labute approximate surface area is 121 Å². The topological polar surface area (TPSA) is 63.3 Å². The van der Waals surface area contributed by atoms with Crippen molar-refractivity contribution < 1.29 is 4.79 Å². The van der Waals surface area contributed by atoms with Crippen molar-refractivity contribution in [3.63, 3.8) is 0 Å². The molecule has 1 fully saturated rings. The second kappa shape index (κ2) is 7.33. The van der Waals surface area contributed by atoms with Crippen molar-refractivity contribution in [2.45, 2.75) is 39.2 Å². The summed E-state index contributed by atoms with van der Waals surface area (Å²) in [7, 11) is 0. The summed E-state index contributed by atoms with van der Waals surface area (Å²) >= 11 is 0. The summed E-state index contributed by atoms with van der Waals surface area (Å²) in [6.45, 7) is 6.89. The van der Waals surface area contributed by atoms with E-state index in [9.17, 15) is 4.79 Å². The van der Waals surface area contributed by atoms with Gasteiger partial charge in [-0.15, -0.1) is 0 Å². The third-order valence-electron chi connectivity index (χ3n) is 3.78. The van der Waals surface area contributed by atoms with Gasteiger partial charge in [-0.25, -0.2) is 0 Å². The molecule has 0 bridgehead atoms. The average Bonchev–Trinajstić information content (AvgIpc) is 2.81. The number of anilines is 1. The molecule has 1 aliphatic heterocycles. The minimum absolute atomic E-state index is 0.0211. The minimum atomic E-state index is -0.0211. The summed E-state index contributed by atoms with van der Waals surface area (Å²) in [6.07, 6.45) is 6.73. The van der Waals surface area contributed by atoms with Crippen molar-refractivity contribution in [2.24, 2.45) is 0 Å². The lowest BCUT2D eigenvalue weighted by Gasteiger charge is -2.26. The summed E-state index contributed by atoms with van der Waals surface area (Å²) in [4.78, 5) is 14.6. The Morgan fingerprint density at radius 3 is 2.75 bits per heavy atom. The van der Waals surface area contributed by atoms with Gasteiger partial charge in [0.15, 0.2) is 0 Å². The van der Waals surface area contributed by atoms with E-state index < -0.39 is 0 Å². The third-order valence-corrected chi connectivity index (χ3v) is 3.78. The van der Waals surface area contributed by atoms with Gasteiger partial charge in [0.1, 0.15) is 5.69 Å². The molecule has 1 aliphatic rings. The minimum Gasteiger partial charge on any atom is -0.397 e. The fourth-order valence-electron chi connectivity index (χ4n) is 2.75. The maximum Gasteiger partial charge on any atom is 0.268 e. The zero-order valence-electron chi connectivity index (χ0n) is 12.4. The molecule has 1 amide bonds. The molecular formula is C15H26N4O. The van der Waals surface area contributed by atoms with Crippen LogP contribution >= 0.6 is 0 Å². The number of hydrogen-bond acceptors (Lipinski definition) is 3. The number of piperidine rings is 1. The van der Waals surface area contributed by atoms with Crippen molar-refractivity contribution in [3.05, 3.63) is 18.0 Å². The van der Waals surface area contributed by atoms with Crippen molar-refractivity contribution in [1.82, 2.24) is 14.8 Å². The molecule has 0 atom stereocenters. The van der Waals surface area contributed by atoms with E-state index >= 15 is 0 Å². The van der Waals surface area contributed by atoms with Gasteiger partial charge in [0, 0.05) is 25.8 Å². The van der Waals surface area contributed by atoms with Crippen LogP contribution in [0.5, 0.6) is 0 Å². The van der Waals surface area contributed by atoms with E-state index in [1.807, 2.05) is 10.8 Å². The highest BCUT2D eigenvalue weighted by atomic mass is 16.1. The highest BCUT2D eigenvalue weighted by molar-refractivity contribution is 5.93. The van der Waals surface area contributed by atoms with Gasteiger partial charge >= 0.3 is 0 Å². The average molecular weight is 278 g/mol. The van der Waals surface area contributed by atoms with E-state index in [0.29, 0.717) is 17.9 Å². The van der Waals surface area contributed by atoms with E-state index in [1.165, 1.54) is 19.3 Å². The van der Waals surface area contributed by atoms with Crippen molar-refractivity contribution in [2.75, 3.05) is 31.9 Å². The number of rotatable bonds is 6. The van der Waals surface area contributed by atoms with Gasteiger partial charge in [-0.05, 0) is 38.4 Å². The second-order valence-electron chi connectivity index (χ2n) is 5.51. The smallest absolute Gasteiger partial charge is 0.268 e. The van der Waals surface area contributed by atoms with Crippen LogP contribution in [0.3, 0.4) is 0 Å². The summed E-state index contributed by atoms with van der Waals surface area (Å²) in [5, 5.41) is 3.00. The Morgan fingerprint density at radius 1 is 1.30 bits per heavy atom. The summed E-state index contributed by atoms with van der Waals surface area (Å²) in [5.74, 6) is -0.0211. The molecule has 1 aromatic rings. The molecule has 0 unspecified atom stereocenters. The van der Waals surface area contributed by atoms with Crippen molar-refractivity contribution >= 4 is 11.6 Å². The number of carbonyl (C=O) groups is 1. The van der Waals surface area contributed by atoms with Crippen LogP contribution in [0.2, 0.25) is 0 Å². The normalized spacial score (nSPS) is 16.2. The number of carbonyl (C=O) groups excluding carboxylic acids is 1. The highest BCUT2D eigenvalue weighted by Gasteiger charge is 2.13. The molecule has 5 nitrogen and oxygen atoms in total. The number of aromatic nitrogens is 1. The molecule has 2 rings (SSSR count). The van der Waals surface area contributed by atoms with Crippen LogP contribution in [0.1, 0.15) is 43.1 Å². The van der Waals surface area contributed by atoms with Gasteiger partial charge in [-0.1, -0.05) is 13.3 Å². The maximum atomic E-state index is 12.2. The number of nitrogens with one attached hydrogen (secondary N) is 1. The first-order valence-electron chi connectivity index (χ1n) is 7.67. The number of amides is 1. The Hall–Kier alpha value is -1.49. The van der Waals surface area contributed by atoms with Crippen LogP contribution in [0.25, 0.3) is 0 Å². The lowest BCUT2D eigenvalue weighted by Crippen LogP contribution is -2.38. The van der Waals surface area contributed by atoms with Gasteiger partial charge in [-0.2, -0.15) is 0 Å². The van der Waals surface area contributed by atoms with Crippen LogP contribution in [-0.2, 0) is 6.54 Å². The number of aryl methyl sites for hydroxylation is 1. The van der Waals surface area contributed by atoms with Crippen LogP contribution in [0.15, 0.2) is 12.3 Å². The number of nitrogen functional groups attached to an aromatic ring is 1. The van der Waals surface area contributed by atoms with E-state index in [-0.39, 0.29) is 5.91 Å². The molecule has 0 radical (unpaired) electrons. The standard InChI is InChI=1S/C15H26N4O/c1-2-7-19-12-13(16)11-14(19)15(20)17-6-10-18-8-4-3-5-9-18/h11-12H,2-10,16H2,1H3,(H,17,20). The fraction of sp³-hybridized carbons (Fsp3) is 0.667. The molecule has 112 valence electrons. The number of likely N-dealkylation sites (tertiary alicyclic amines) is 1. The van der Waals surface area contributed by atoms with Gasteiger partial charge in [-0.3, -0.25) is 4.79 Å². The van der Waals surface area contributed by atoms with Crippen molar-refractivity contribution in [1.29, 1.82) is 0 Å². The second-order valence-corrected chi connectivity index (χ2v) is 5.51. The van der Waals surface area contributed by atoms with Gasteiger partial charge in [0.05, 0.1) is 5.69 Å². The molecule has 5 heteroatoms. The molecule has 3 N–H and O–H groups in total. The zero-order valence-corrected chi connectivity index (χ0v) is 12.4. The fourth-order valence-corrected chi connectivity index (χ4v) is 2.75. The molecular weight excluding hydrogens is 252 g/mol. The van der Waals surface area contributed by atoms with Gasteiger partial charge in [0.25, 0.3) is 5.91 Å². The van der Waals surface area contributed by atoms with Crippen LogP contribution in [-0.4, -0.2) is 41.6 Å². The van der Waals surface area contributed by atoms with E-state index in [2.05, 4.69) is 17.1 Å². The lowest BCUT2D eigenvalue weighted by molar-refractivity contribution is 0.0937. The van der Waals surface area contributed by atoms with E-state index in [0.717, 1.165) is 32.6 Å². The molecule has 20 heavy (non-hydrogen) atoms. The number of nitrogens with zero attached hydrogens (tertiary/aromatic N) is 2. The van der Waals surface area contributed by atoms with E-state index in [4.69, 9.17) is 5.73 Å². The Morgan fingerprint density at radius 2 is 2.05 bits per heavy atom. The first-order chi connectivity index (χ1) is 9.70. The molecule has 1 aromatic heterocycles. The predicted molar refractivity (Wildman–Crippen MR) is 81.8 cm³/mol. The summed E-state index contributed by atoms with van der Waals surface area (Å²) < 4.78 is 1.94. The number of nitrogens with two attached hydrogens (primary N) is 1. The largest absolute Gasteiger partial charge is 0.397 e. The SMILES string of the molecule is CCCn1cc(N)cc1C(=O)NCCN1CCCCC1. The van der Waals surface area contributed by atoms with Crippen LogP contribution < -0.4 is 11.1 Å². The maximum absolute atomic E-state index is 12.2. The molecule has 1 saturated heterocycles. The van der Waals surface area contributed by atoms with Crippen LogP contribution in [0.4, 0.5) is 5.69 Å². The Balaban J connectivity index is 1.81. The first kappa shape index (κ1) is 14.9. The zero-order chi connectivity index (χ0) is 14.4. The predicted octanol–water partition coefficient (Wildman–Crippen LogP) is 1.70.